The van der Waals surface area contributed by atoms with Gasteiger partial charge >= 0.3 is 26.2 Å². The van der Waals surface area contributed by atoms with Crippen LogP contribution in [0.5, 0.6) is 0 Å². The first-order chi connectivity index (χ1) is 2.91. The van der Waals surface area contributed by atoms with E-state index in [-0.39, 0.29) is 26.2 Å². The van der Waals surface area contributed by atoms with Crippen molar-refractivity contribution in [1.82, 2.24) is 0 Å². The van der Waals surface area contributed by atoms with Crippen LogP contribution in [0.4, 0.5) is 0 Å². The third-order valence-corrected chi connectivity index (χ3v) is 0.762. The molecule has 0 aromatic rings. The Bertz CT molecular complexity index is 20.0. The third-order valence-electron chi connectivity index (χ3n) is 0.762. The first-order valence-corrected chi connectivity index (χ1v) is 2.52. The molecular formula is C5H12OZr+3. The summed E-state index contributed by atoms with van der Waals surface area (Å²) < 4.78 is 0. The molecule has 0 amide bonds. The second-order valence-electron chi connectivity index (χ2n) is 1.43. The average Bonchev–Trinajstić information content (AvgIpc) is 1.61. The predicted molar refractivity (Wildman–Crippen MR) is 26.6 cm³/mol. The van der Waals surface area contributed by atoms with Gasteiger partial charge in [0.25, 0.3) is 0 Å². The number of hydrogen-bond acceptors (Lipinski definition) is 1. The van der Waals surface area contributed by atoms with Crippen LogP contribution in [0.2, 0.25) is 0 Å². The van der Waals surface area contributed by atoms with Gasteiger partial charge in [-0.15, -0.1) is 0 Å². The Morgan fingerprint density at radius 1 is 1.29 bits per heavy atom. The minimum absolute atomic E-state index is 0. The van der Waals surface area contributed by atoms with Gasteiger partial charge in [-0.05, 0) is 6.42 Å². The Kier molecular flexibility index (Phi) is 15.3. The van der Waals surface area contributed by atoms with E-state index in [0.29, 0.717) is 6.61 Å². The van der Waals surface area contributed by atoms with Gasteiger partial charge in [0.2, 0.25) is 0 Å². The summed E-state index contributed by atoms with van der Waals surface area (Å²) in [4.78, 5) is 0. The van der Waals surface area contributed by atoms with Crippen LogP contribution in [-0.2, 0) is 26.2 Å². The van der Waals surface area contributed by atoms with Gasteiger partial charge in [-0.3, -0.25) is 0 Å². The molecule has 0 aliphatic carbocycles. The predicted octanol–water partition coefficient (Wildman–Crippen LogP) is 1.17. The van der Waals surface area contributed by atoms with Crippen molar-refractivity contribution in [2.75, 3.05) is 6.61 Å². The molecule has 0 saturated heterocycles. The van der Waals surface area contributed by atoms with Gasteiger partial charge in [-0.2, -0.15) is 0 Å². The Morgan fingerprint density at radius 2 is 1.86 bits per heavy atom. The summed E-state index contributed by atoms with van der Waals surface area (Å²) in [6, 6.07) is 0. The normalized spacial score (nSPS) is 7.71. The summed E-state index contributed by atoms with van der Waals surface area (Å²) >= 11 is 0. The van der Waals surface area contributed by atoms with Crippen molar-refractivity contribution in [3.8, 4) is 0 Å². The molecule has 0 aromatic heterocycles. The molecule has 0 aliphatic rings. The molecule has 0 aliphatic heterocycles. The minimum Gasteiger partial charge on any atom is -0.396 e. The van der Waals surface area contributed by atoms with E-state index in [1.165, 1.54) is 6.42 Å². The first kappa shape index (κ1) is 10.8. The van der Waals surface area contributed by atoms with Crippen LogP contribution in [-0.4, -0.2) is 11.7 Å². The third kappa shape index (κ3) is 10.9. The van der Waals surface area contributed by atoms with Crippen molar-refractivity contribution >= 4 is 0 Å². The molecule has 2 heteroatoms. The molecule has 0 atom stereocenters. The van der Waals surface area contributed by atoms with Gasteiger partial charge < -0.3 is 5.11 Å². The molecule has 0 unspecified atom stereocenters. The van der Waals surface area contributed by atoms with Crippen molar-refractivity contribution in [3.05, 3.63) is 0 Å². The van der Waals surface area contributed by atoms with Gasteiger partial charge in [0.15, 0.2) is 0 Å². The molecule has 0 bridgehead atoms. The zero-order chi connectivity index (χ0) is 4.83. The average molecular weight is 179 g/mol. The van der Waals surface area contributed by atoms with Crippen molar-refractivity contribution < 1.29 is 31.3 Å². The smallest absolute Gasteiger partial charge is 0.396 e. The van der Waals surface area contributed by atoms with E-state index in [4.69, 9.17) is 5.11 Å². The Labute approximate surface area is 64.2 Å². The maximum Gasteiger partial charge on any atom is 3.00 e. The van der Waals surface area contributed by atoms with Gasteiger partial charge in [-0.1, -0.05) is 19.8 Å². The van der Waals surface area contributed by atoms with Crippen LogP contribution in [0.1, 0.15) is 26.2 Å². The second-order valence-corrected chi connectivity index (χ2v) is 1.43. The number of unbranched alkanes of at least 4 members (excludes halogenated alkanes) is 2. The van der Waals surface area contributed by atoms with E-state index in [9.17, 15) is 0 Å². The maximum atomic E-state index is 8.20. The maximum absolute atomic E-state index is 8.20. The fourth-order valence-electron chi connectivity index (χ4n) is 0.362. The summed E-state index contributed by atoms with van der Waals surface area (Å²) in [6.45, 7) is 2.48. The molecule has 0 saturated carbocycles. The Hall–Kier alpha value is 0.843. The van der Waals surface area contributed by atoms with E-state index in [2.05, 4.69) is 6.92 Å². The summed E-state index contributed by atoms with van der Waals surface area (Å²) in [6.07, 6.45) is 3.33. The van der Waals surface area contributed by atoms with Crippen LogP contribution in [0, 0.1) is 0 Å². The molecule has 0 heterocycles. The number of aliphatic hydroxyl groups excluding tert-OH is 1. The van der Waals surface area contributed by atoms with Crippen molar-refractivity contribution in [2.45, 2.75) is 26.2 Å². The number of aliphatic hydroxyl groups is 1. The van der Waals surface area contributed by atoms with E-state index in [1.807, 2.05) is 0 Å². The Balaban J connectivity index is 0. The summed E-state index contributed by atoms with van der Waals surface area (Å²) in [5.41, 5.74) is 0. The molecule has 0 rings (SSSR count). The van der Waals surface area contributed by atoms with E-state index >= 15 is 0 Å². The number of hydrogen-bond donors (Lipinski definition) is 1. The summed E-state index contributed by atoms with van der Waals surface area (Å²) in [7, 11) is 0. The van der Waals surface area contributed by atoms with Crippen molar-refractivity contribution in [2.24, 2.45) is 0 Å². The van der Waals surface area contributed by atoms with Crippen LogP contribution in [0.15, 0.2) is 0 Å². The van der Waals surface area contributed by atoms with Gasteiger partial charge in [-0.25, -0.2) is 0 Å². The second kappa shape index (κ2) is 9.96. The van der Waals surface area contributed by atoms with Crippen molar-refractivity contribution in [1.29, 1.82) is 0 Å². The summed E-state index contributed by atoms with van der Waals surface area (Å²) in [5.74, 6) is 0. The van der Waals surface area contributed by atoms with E-state index in [1.54, 1.807) is 0 Å². The topological polar surface area (TPSA) is 20.2 Å². The zero-order valence-corrected chi connectivity index (χ0v) is 7.23. The van der Waals surface area contributed by atoms with E-state index < -0.39 is 0 Å². The quantitative estimate of drug-likeness (QED) is 0.645. The van der Waals surface area contributed by atoms with Gasteiger partial charge in [0.05, 0.1) is 0 Å². The molecule has 1 nitrogen and oxygen atoms in total. The fourth-order valence-corrected chi connectivity index (χ4v) is 0.362. The molecule has 0 aromatic carbocycles. The SMILES string of the molecule is CCCCCO.[Zr+3]. The molecule has 1 N–H and O–H groups in total. The standard InChI is InChI=1S/C5H12O.Zr/c1-2-3-4-5-6;/h6H,2-5H2,1H3;/q;+3. The van der Waals surface area contributed by atoms with Crippen molar-refractivity contribution in [3.63, 3.8) is 0 Å². The Morgan fingerprint density at radius 3 is 2.00 bits per heavy atom. The monoisotopic (exact) mass is 178 g/mol. The van der Waals surface area contributed by atoms with Crippen LogP contribution >= 0.6 is 0 Å². The first-order valence-electron chi connectivity index (χ1n) is 2.52. The van der Waals surface area contributed by atoms with Crippen LogP contribution < -0.4 is 0 Å². The molecular weight excluding hydrogens is 167 g/mol. The molecule has 0 spiro atoms. The number of rotatable bonds is 3. The fraction of sp³-hybridized carbons (Fsp3) is 1.00. The van der Waals surface area contributed by atoms with Crippen LogP contribution in [0.25, 0.3) is 0 Å². The molecule has 0 fully saturated rings. The minimum atomic E-state index is 0. The molecule has 7 heavy (non-hydrogen) atoms. The largest absolute Gasteiger partial charge is 3.00 e. The van der Waals surface area contributed by atoms with Gasteiger partial charge in [0.1, 0.15) is 0 Å². The van der Waals surface area contributed by atoms with Crippen LogP contribution in [0.3, 0.4) is 0 Å². The summed E-state index contributed by atoms with van der Waals surface area (Å²) in [5, 5.41) is 8.20. The molecule has 39 valence electrons. The molecule has 1 radical (unpaired) electrons. The van der Waals surface area contributed by atoms with E-state index in [0.717, 1.165) is 12.8 Å². The zero-order valence-electron chi connectivity index (χ0n) is 4.78. The van der Waals surface area contributed by atoms with Gasteiger partial charge in [0, 0.05) is 6.61 Å².